The van der Waals surface area contributed by atoms with Crippen LogP contribution >= 0.6 is 0 Å². The summed E-state index contributed by atoms with van der Waals surface area (Å²) in [5.41, 5.74) is 1.93. The number of aromatic nitrogens is 2. The number of aryl methyl sites for hydroxylation is 1. The van der Waals surface area contributed by atoms with Crippen molar-refractivity contribution in [3.63, 3.8) is 0 Å². The van der Waals surface area contributed by atoms with E-state index in [0.717, 1.165) is 53.6 Å². The molecule has 158 valence electrons. The Morgan fingerprint density at radius 3 is 2.45 bits per heavy atom. The fourth-order valence-electron chi connectivity index (χ4n) is 4.24. The second-order valence-electron chi connectivity index (χ2n) is 7.93. The maximum absolute atomic E-state index is 13.1. The summed E-state index contributed by atoms with van der Waals surface area (Å²) in [6.07, 6.45) is 2.28. The van der Waals surface area contributed by atoms with Crippen molar-refractivity contribution in [2.24, 2.45) is 0 Å². The van der Waals surface area contributed by atoms with Crippen molar-refractivity contribution in [2.75, 3.05) is 18.0 Å². The van der Waals surface area contributed by atoms with Crippen LogP contribution in [0.15, 0.2) is 65.6 Å². The van der Waals surface area contributed by atoms with Crippen LogP contribution in [0.5, 0.6) is 0 Å². The van der Waals surface area contributed by atoms with Crippen molar-refractivity contribution in [1.29, 1.82) is 0 Å². The zero-order valence-electron chi connectivity index (χ0n) is 17.4. The molecular weight excluding hydrogens is 408 g/mol. The van der Waals surface area contributed by atoms with Gasteiger partial charge in [0.2, 0.25) is 10.0 Å². The van der Waals surface area contributed by atoms with Crippen LogP contribution < -0.4 is 9.62 Å². The molecule has 2 heterocycles. The zero-order valence-corrected chi connectivity index (χ0v) is 18.2. The van der Waals surface area contributed by atoms with Crippen molar-refractivity contribution >= 4 is 37.5 Å². The molecule has 0 atom stereocenters. The Labute approximate surface area is 182 Å². The first-order valence-electron chi connectivity index (χ1n) is 10.5. The Morgan fingerprint density at radius 1 is 0.903 bits per heavy atom. The van der Waals surface area contributed by atoms with E-state index < -0.39 is 10.0 Å². The number of hydrogen-bond acceptors (Lipinski definition) is 5. The van der Waals surface area contributed by atoms with Crippen LogP contribution in [0.2, 0.25) is 0 Å². The number of hydrogen-bond donors (Lipinski definition) is 1. The summed E-state index contributed by atoms with van der Waals surface area (Å²) in [4.78, 5) is 12.0. The highest BCUT2D eigenvalue weighted by atomic mass is 32.2. The van der Waals surface area contributed by atoms with Crippen molar-refractivity contribution in [3.8, 4) is 0 Å². The highest BCUT2D eigenvalue weighted by Crippen LogP contribution is 2.29. The van der Waals surface area contributed by atoms with Gasteiger partial charge in [-0.05, 0) is 42.8 Å². The van der Waals surface area contributed by atoms with Gasteiger partial charge in [-0.3, -0.25) is 0 Å². The summed E-state index contributed by atoms with van der Waals surface area (Å²) in [6, 6.07) is 18.9. The lowest BCUT2D eigenvalue weighted by molar-refractivity contribution is 0.580. The van der Waals surface area contributed by atoms with Crippen LogP contribution in [0, 0.1) is 6.92 Å². The summed E-state index contributed by atoms with van der Waals surface area (Å²) in [7, 11) is -3.72. The standard InChI is InChI=1S/C24H24N4O2S/c1-17-8-6-12-20-23(17)26-22(27-24(20)28-14-4-5-15-28)16-25-31(29,30)21-13-7-10-18-9-2-3-11-19(18)21/h2-3,6-13,25H,4-5,14-16H2,1H3. The predicted octanol–water partition coefficient (Wildman–Crippen LogP) is 4.17. The van der Waals surface area contributed by atoms with Crippen LogP contribution in [0.1, 0.15) is 24.2 Å². The van der Waals surface area contributed by atoms with Gasteiger partial charge in [0.05, 0.1) is 17.0 Å². The molecular formula is C24H24N4O2S. The number of para-hydroxylation sites is 1. The average molecular weight is 433 g/mol. The Balaban J connectivity index is 1.51. The molecule has 1 N–H and O–H groups in total. The molecule has 0 saturated carbocycles. The van der Waals surface area contributed by atoms with E-state index in [1.165, 1.54) is 0 Å². The molecule has 6 nitrogen and oxygen atoms in total. The molecule has 0 spiro atoms. The van der Waals surface area contributed by atoms with Crippen LogP contribution in [0.25, 0.3) is 21.7 Å². The maximum Gasteiger partial charge on any atom is 0.241 e. The average Bonchev–Trinajstić information content (AvgIpc) is 3.32. The number of rotatable bonds is 5. The number of nitrogens with one attached hydrogen (secondary N) is 1. The summed E-state index contributed by atoms with van der Waals surface area (Å²) >= 11 is 0. The van der Waals surface area contributed by atoms with E-state index in [1.54, 1.807) is 12.1 Å². The number of benzene rings is 3. The first-order valence-corrected chi connectivity index (χ1v) is 12.0. The lowest BCUT2D eigenvalue weighted by Crippen LogP contribution is -2.26. The third-order valence-electron chi connectivity index (χ3n) is 5.82. The van der Waals surface area contributed by atoms with Crippen LogP contribution in [-0.2, 0) is 16.6 Å². The Morgan fingerprint density at radius 2 is 1.61 bits per heavy atom. The fourth-order valence-corrected chi connectivity index (χ4v) is 5.45. The van der Waals surface area contributed by atoms with E-state index in [1.807, 2.05) is 55.5 Å². The summed E-state index contributed by atoms with van der Waals surface area (Å²) < 4.78 is 28.9. The third kappa shape index (κ3) is 3.75. The second kappa shape index (κ2) is 7.90. The second-order valence-corrected chi connectivity index (χ2v) is 9.67. The van der Waals surface area contributed by atoms with Crippen molar-refractivity contribution < 1.29 is 8.42 Å². The lowest BCUT2D eigenvalue weighted by Gasteiger charge is -2.20. The summed E-state index contributed by atoms with van der Waals surface area (Å²) in [5.74, 6) is 1.37. The van der Waals surface area contributed by atoms with E-state index in [0.29, 0.717) is 11.2 Å². The molecule has 3 aromatic carbocycles. The Bertz CT molecular complexity index is 1370. The van der Waals surface area contributed by atoms with Gasteiger partial charge in [0.25, 0.3) is 0 Å². The topological polar surface area (TPSA) is 75.2 Å². The third-order valence-corrected chi connectivity index (χ3v) is 7.28. The maximum atomic E-state index is 13.1. The quantitative estimate of drug-likeness (QED) is 0.512. The van der Waals surface area contributed by atoms with Gasteiger partial charge >= 0.3 is 0 Å². The number of anilines is 1. The molecule has 0 amide bonds. The molecule has 1 aliphatic rings. The molecule has 0 aliphatic carbocycles. The van der Waals surface area contributed by atoms with Gasteiger partial charge in [0, 0.05) is 23.9 Å². The first-order chi connectivity index (χ1) is 15.0. The molecule has 0 unspecified atom stereocenters. The van der Waals surface area contributed by atoms with Crippen LogP contribution in [0.3, 0.4) is 0 Å². The van der Waals surface area contributed by atoms with Crippen molar-refractivity contribution in [2.45, 2.75) is 31.2 Å². The van der Waals surface area contributed by atoms with E-state index in [-0.39, 0.29) is 11.4 Å². The molecule has 7 heteroatoms. The van der Waals surface area contributed by atoms with Gasteiger partial charge in [0.15, 0.2) is 0 Å². The molecule has 0 bridgehead atoms. The van der Waals surface area contributed by atoms with Gasteiger partial charge in [-0.25, -0.2) is 23.1 Å². The predicted molar refractivity (Wildman–Crippen MR) is 124 cm³/mol. The molecule has 5 rings (SSSR count). The number of nitrogens with zero attached hydrogens (tertiary/aromatic N) is 3. The van der Waals surface area contributed by atoms with Gasteiger partial charge in [-0.2, -0.15) is 0 Å². The van der Waals surface area contributed by atoms with Gasteiger partial charge in [0.1, 0.15) is 11.6 Å². The minimum Gasteiger partial charge on any atom is -0.356 e. The largest absolute Gasteiger partial charge is 0.356 e. The van der Waals surface area contributed by atoms with E-state index in [9.17, 15) is 8.42 Å². The minimum absolute atomic E-state index is 0.0384. The van der Waals surface area contributed by atoms with Crippen LogP contribution in [0.4, 0.5) is 5.82 Å². The first kappa shape index (κ1) is 19.9. The minimum atomic E-state index is -3.72. The zero-order chi connectivity index (χ0) is 21.4. The molecule has 1 saturated heterocycles. The lowest BCUT2D eigenvalue weighted by atomic mass is 10.1. The van der Waals surface area contributed by atoms with Gasteiger partial charge in [-0.15, -0.1) is 0 Å². The highest BCUT2D eigenvalue weighted by molar-refractivity contribution is 7.89. The molecule has 31 heavy (non-hydrogen) atoms. The number of sulfonamides is 1. The van der Waals surface area contributed by atoms with E-state index in [2.05, 4.69) is 9.62 Å². The molecule has 4 aromatic rings. The molecule has 1 fully saturated rings. The monoisotopic (exact) mass is 432 g/mol. The van der Waals surface area contributed by atoms with E-state index in [4.69, 9.17) is 9.97 Å². The van der Waals surface area contributed by atoms with Gasteiger partial charge in [-0.1, -0.05) is 48.5 Å². The van der Waals surface area contributed by atoms with Crippen molar-refractivity contribution in [1.82, 2.24) is 14.7 Å². The molecule has 1 aliphatic heterocycles. The molecule has 0 radical (unpaired) electrons. The van der Waals surface area contributed by atoms with Crippen molar-refractivity contribution in [3.05, 3.63) is 72.1 Å². The SMILES string of the molecule is Cc1cccc2c(N3CCCC3)nc(CNS(=O)(=O)c3cccc4ccccc34)nc12. The summed E-state index contributed by atoms with van der Waals surface area (Å²) in [6.45, 7) is 3.98. The summed E-state index contributed by atoms with van der Waals surface area (Å²) in [5, 5.41) is 2.60. The molecule has 1 aromatic heterocycles. The Hall–Kier alpha value is -3.03. The highest BCUT2D eigenvalue weighted by Gasteiger charge is 2.21. The number of fused-ring (bicyclic) bond motifs is 2. The normalized spacial score (nSPS) is 14.5. The van der Waals surface area contributed by atoms with E-state index >= 15 is 0 Å². The van der Waals surface area contributed by atoms with Crippen LogP contribution in [-0.4, -0.2) is 31.5 Å². The van der Waals surface area contributed by atoms with Gasteiger partial charge < -0.3 is 4.90 Å². The Kier molecular flexibility index (Phi) is 5.08. The smallest absolute Gasteiger partial charge is 0.241 e. The fraction of sp³-hybridized carbons (Fsp3) is 0.250.